The standard InChI is InChI=1S/C24H19ClN2O5S/c1-3-30-23(29)20-13(2)26-24-27(21(20)15-6-4-5-7-16(15)25)22(28)19(33-24)11-14-8-9-17-18(10-14)32-12-31-17/h4-11,21H,3,12H2,1-2H3/b19-11+. The summed E-state index contributed by atoms with van der Waals surface area (Å²) in [7, 11) is 0. The van der Waals surface area contributed by atoms with Crippen LogP contribution in [-0.2, 0) is 9.53 Å². The summed E-state index contributed by atoms with van der Waals surface area (Å²) in [6.45, 7) is 3.86. The Balaban J connectivity index is 1.71. The van der Waals surface area contributed by atoms with Gasteiger partial charge in [-0.15, -0.1) is 0 Å². The number of carbonyl (C=O) groups excluding carboxylic acids is 1. The third kappa shape index (κ3) is 3.75. The van der Waals surface area contributed by atoms with Crippen molar-refractivity contribution in [3.05, 3.63) is 89.6 Å². The molecular formula is C24H19ClN2O5S. The van der Waals surface area contributed by atoms with E-state index in [0.717, 1.165) is 5.56 Å². The number of thiazole rings is 1. The van der Waals surface area contributed by atoms with Crippen LogP contribution >= 0.6 is 22.9 Å². The van der Waals surface area contributed by atoms with Crippen molar-refractivity contribution in [3.8, 4) is 11.5 Å². The second-order valence-corrected chi connectivity index (χ2v) is 8.85. The van der Waals surface area contributed by atoms with Crippen LogP contribution < -0.4 is 24.4 Å². The van der Waals surface area contributed by atoms with E-state index in [4.69, 9.17) is 25.8 Å². The fourth-order valence-electron chi connectivity index (χ4n) is 3.94. The first-order chi connectivity index (χ1) is 16.0. The summed E-state index contributed by atoms with van der Waals surface area (Å²) in [6.07, 6.45) is 1.78. The lowest BCUT2D eigenvalue weighted by Gasteiger charge is -2.25. The maximum absolute atomic E-state index is 13.6. The fourth-order valence-corrected chi connectivity index (χ4v) is 5.22. The number of fused-ring (bicyclic) bond motifs is 2. The molecule has 9 heteroatoms. The number of hydrogen-bond acceptors (Lipinski definition) is 7. The highest BCUT2D eigenvalue weighted by Gasteiger charge is 2.34. The molecule has 0 amide bonds. The Bertz CT molecular complexity index is 1490. The Morgan fingerprint density at radius 1 is 1.27 bits per heavy atom. The maximum atomic E-state index is 13.6. The van der Waals surface area contributed by atoms with Gasteiger partial charge in [0.1, 0.15) is 6.04 Å². The van der Waals surface area contributed by atoms with Gasteiger partial charge >= 0.3 is 5.97 Å². The highest BCUT2D eigenvalue weighted by atomic mass is 35.5. The van der Waals surface area contributed by atoms with E-state index in [0.29, 0.717) is 42.7 Å². The zero-order chi connectivity index (χ0) is 23.1. The Labute approximate surface area is 197 Å². The predicted molar refractivity (Wildman–Crippen MR) is 124 cm³/mol. The first-order valence-corrected chi connectivity index (χ1v) is 11.5. The zero-order valence-corrected chi connectivity index (χ0v) is 19.4. The number of allylic oxidation sites excluding steroid dienone is 1. The van der Waals surface area contributed by atoms with Gasteiger partial charge in [0.25, 0.3) is 5.56 Å². The fraction of sp³-hybridized carbons (Fsp3) is 0.208. The Morgan fingerprint density at radius 3 is 2.85 bits per heavy atom. The summed E-state index contributed by atoms with van der Waals surface area (Å²) in [5.74, 6) is 0.779. The molecule has 2 aromatic carbocycles. The van der Waals surface area contributed by atoms with Gasteiger partial charge in [0.15, 0.2) is 16.3 Å². The van der Waals surface area contributed by atoms with E-state index in [1.54, 1.807) is 44.2 Å². The minimum absolute atomic E-state index is 0.175. The molecule has 0 fully saturated rings. The summed E-state index contributed by atoms with van der Waals surface area (Å²) in [4.78, 5) is 31.5. The monoisotopic (exact) mass is 482 g/mol. The van der Waals surface area contributed by atoms with Crippen molar-refractivity contribution < 1.29 is 19.0 Å². The maximum Gasteiger partial charge on any atom is 0.338 e. The molecule has 0 saturated carbocycles. The van der Waals surface area contributed by atoms with Crippen LogP contribution in [0.1, 0.15) is 31.0 Å². The molecule has 1 unspecified atom stereocenters. The van der Waals surface area contributed by atoms with Gasteiger partial charge in [0.2, 0.25) is 6.79 Å². The number of benzene rings is 2. The van der Waals surface area contributed by atoms with E-state index in [9.17, 15) is 9.59 Å². The van der Waals surface area contributed by atoms with E-state index >= 15 is 0 Å². The smallest absolute Gasteiger partial charge is 0.338 e. The molecule has 7 nitrogen and oxygen atoms in total. The van der Waals surface area contributed by atoms with Gasteiger partial charge < -0.3 is 14.2 Å². The average molecular weight is 483 g/mol. The molecular weight excluding hydrogens is 464 g/mol. The first-order valence-electron chi connectivity index (χ1n) is 10.3. The summed E-state index contributed by atoms with van der Waals surface area (Å²) in [6, 6.07) is 11.9. The third-order valence-corrected chi connectivity index (χ3v) is 6.74. The van der Waals surface area contributed by atoms with Crippen LogP contribution in [0.5, 0.6) is 11.5 Å². The zero-order valence-electron chi connectivity index (χ0n) is 17.8. The van der Waals surface area contributed by atoms with E-state index in [-0.39, 0.29) is 19.0 Å². The molecule has 0 saturated heterocycles. The molecule has 0 spiro atoms. The van der Waals surface area contributed by atoms with E-state index in [1.807, 2.05) is 18.2 Å². The van der Waals surface area contributed by atoms with Gasteiger partial charge in [0, 0.05) is 5.02 Å². The van der Waals surface area contributed by atoms with E-state index in [1.165, 1.54) is 15.9 Å². The second kappa shape index (κ2) is 8.53. The molecule has 0 aliphatic carbocycles. The van der Waals surface area contributed by atoms with Crippen LogP contribution in [0.25, 0.3) is 6.08 Å². The molecule has 2 aliphatic heterocycles. The molecule has 0 radical (unpaired) electrons. The normalized spacial score (nSPS) is 17.1. The quantitative estimate of drug-likeness (QED) is 0.534. The summed E-state index contributed by atoms with van der Waals surface area (Å²) in [5, 5.41) is 0.448. The number of hydrogen-bond donors (Lipinski definition) is 0. The second-order valence-electron chi connectivity index (χ2n) is 7.44. The molecule has 3 aromatic rings. The van der Waals surface area contributed by atoms with Crippen molar-refractivity contribution in [1.29, 1.82) is 0 Å². The molecule has 1 atom stereocenters. The third-order valence-electron chi connectivity index (χ3n) is 5.41. The highest BCUT2D eigenvalue weighted by molar-refractivity contribution is 7.07. The topological polar surface area (TPSA) is 79.1 Å². The SMILES string of the molecule is CCOC(=O)C1=C(C)N=c2s/c(=C/c3ccc4c(c3)OCO4)c(=O)n2C1c1ccccc1Cl. The van der Waals surface area contributed by atoms with Crippen LogP contribution in [0.3, 0.4) is 0 Å². The molecule has 33 heavy (non-hydrogen) atoms. The number of rotatable bonds is 4. The number of ether oxygens (including phenoxy) is 3. The van der Waals surface area contributed by atoms with Gasteiger partial charge in [-0.25, -0.2) is 9.79 Å². The van der Waals surface area contributed by atoms with Crippen molar-refractivity contribution in [2.45, 2.75) is 19.9 Å². The van der Waals surface area contributed by atoms with Crippen molar-refractivity contribution in [1.82, 2.24) is 4.57 Å². The van der Waals surface area contributed by atoms with E-state index in [2.05, 4.69) is 4.99 Å². The number of esters is 1. The number of aromatic nitrogens is 1. The Kier molecular flexibility index (Phi) is 5.55. The lowest BCUT2D eigenvalue weighted by Crippen LogP contribution is -2.40. The lowest BCUT2D eigenvalue weighted by atomic mass is 9.96. The molecule has 168 valence electrons. The first kappa shape index (κ1) is 21.5. The van der Waals surface area contributed by atoms with Crippen molar-refractivity contribution in [2.24, 2.45) is 4.99 Å². The average Bonchev–Trinajstić information content (AvgIpc) is 3.37. The van der Waals surface area contributed by atoms with Gasteiger partial charge in [0.05, 0.1) is 22.4 Å². The van der Waals surface area contributed by atoms with Gasteiger partial charge in [-0.2, -0.15) is 0 Å². The van der Waals surface area contributed by atoms with Crippen LogP contribution in [0.15, 0.2) is 63.5 Å². The molecule has 3 heterocycles. The van der Waals surface area contributed by atoms with Crippen molar-refractivity contribution in [3.63, 3.8) is 0 Å². The number of carbonyl (C=O) groups is 1. The largest absolute Gasteiger partial charge is 0.463 e. The van der Waals surface area contributed by atoms with Gasteiger partial charge in [-0.05, 0) is 49.2 Å². The molecule has 0 N–H and O–H groups in total. The minimum atomic E-state index is -0.743. The Morgan fingerprint density at radius 2 is 2.06 bits per heavy atom. The lowest BCUT2D eigenvalue weighted by molar-refractivity contribution is -0.139. The Hall–Kier alpha value is -3.36. The predicted octanol–water partition coefficient (Wildman–Crippen LogP) is 3.18. The minimum Gasteiger partial charge on any atom is -0.463 e. The van der Waals surface area contributed by atoms with Gasteiger partial charge in [-0.1, -0.05) is 47.2 Å². The molecule has 0 bridgehead atoms. The van der Waals surface area contributed by atoms with Crippen LogP contribution in [0, 0.1) is 0 Å². The summed E-state index contributed by atoms with van der Waals surface area (Å²) < 4.78 is 18.1. The van der Waals surface area contributed by atoms with Crippen molar-refractivity contribution >= 4 is 35.0 Å². The van der Waals surface area contributed by atoms with Crippen molar-refractivity contribution in [2.75, 3.05) is 13.4 Å². The number of halogens is 1. The molecule has 5 rings (SSSR count). The summed E-state index contributed by atoms with van der Waals surface area (Å²) >= 11 is 7.76. The highest BCUT2D eigenvalue weighted by Crippen LogP contribution is 2.35. The summed E-state index contributed by atoms with van der Waals surface area (Å²) in [5.41, 5.74) is 1.95. The van der Waals surface area contributed by atoms with Crippen LogP contribution in [0.2, 0.25) is 5.02 Å². The molecule has 2 aliphatic rings. The van der Waals surface area contributed by atoms with Crippen LogP contribution in [0.4, 0.5) is 0 Å². The van der Waals surface area contributed by atoms with E-state index < -0.39 is 12.0 Å². The molecule has 1 aromatic heterocycles. The van der Waals surface area contributed by atoms with Gasteiger partial charge in [-0.3, -0.25) is 9.36 Å². The number of nitrogens with zero attached hydrogens (tertiary/aromatic N) is 2. The van der Waals surface area contributed by atoms with Crippen LogP contribution in [-0.4, -0.2) is 23.9 Å².